The third kappa shape index (κ3) is 4.84. The van der Waals surface area contributed by atoms with Gasteiger partial charge in [-0.2, -0.15) is 0 Å². The summed E-state index contributed by atoms with van der Waals surface area (Å²) in [5.74, 6) is 2.69. The van der Waals surface area contributed by atoms with E-state index in [1.54, 1.807) is 0 Å². The highest BCUT2D eigenvalue weighted by Crippen LogP contribution is 2.09. The monoisotopic (exact) mass is 207 g/mol. The Kier molecular flexibility index (Phi) is 5.19. The molecule has 1 N–H and O–H groups in total. The molecule has 2 nitrogen and oxygen atoms in total. The maximum Gasteiger partial charge on any atom is 0.126 e. The molecule has 0 saturated heterocycles. The largest absolute Gasteiger partial charge is 0.462 e. The van der Waals surface area contributed by atoms with E-state index in [1.165, 1.54) is 0 Å². The first kappa shape index (κ1) is 12.1. The van der Waals surface area contributed by atoms with Gasteiger partial charge in [-0.05, 0) is 30.7 Å². The zero-order valence-electron chi connectivity index (χ0n) is 9.92. The van der Waals surface area contributed by atoms with Gasteiger partial charge >= 0.3 is 0 Å². The highest BCUT2D eigenvalue weighted by molar-refractivity contribution is 5.43. The van der Waals surface area contributed by atoms with Gasteiger partial charge in [0.15, 0.2) is 0 Å². The van der Waals surface area contributed by atoms with Crippen molar-refractivity contribution in [3.63, 3.8) is 0 Å². The first-order valence-electron chi connectivity index (χ1n) is 5.68. The molecule has 0 atom stereocenters. The summed E-state index contributed by atoms with van der Waals surface area (Å²) >= 11 is 0. The lowest BCUT2D eigenvalue weighted by molar-refractivity contribution is 0.507. The van der Waals surface area contributed by atoms with Crippen molar-refractivity contribution in [1.82, 2.24) is 5.32 Å². The molecular formula is C13H21NO. The molecule has 0 aliphatic heterocycles. The summed E-state index contributed by atoms with van der Waals surface area (Å²) in [7, 11) is 0. The molecule has 0 bridgehead atoms. The number of nitrogens with one attached hydrogen (secondary N) is 1. The van der Waals surface area contributed by atoms with Crippen LogP contribution >= 0.6 is 0 Å². The first-order chi connectivity index (χ1) is 7.22. The molecule has 0 spiro atoms. The molecule has 0 unspecified atom stereocenters. The smallest absolute Gasteiger partial charge is 0.126 e. The predicted octanol–water partition coefficient (Wildman–Crippen LogP) is 3.10. The Labute approximate surface area is 92.4 Å². The van der Waals surface area contributed by atoms with Gasteiger partial charge < -0.3 is 9.73 Å². The van der Waals surface area contributed by atoms with Gasteiger partial charge in [-0.15, -0.1) is 0 Å². The molecule has 0 aliphatic carbocycles. The molecule has 1 aromatic heterocycles. The molecule has 0 saturated carbocycles. The average molecular weight is 207 g/mol. The van der Waals surface area contributed by atoms with Crippen molar-refractivity contribution in [3.8, 4) is 0 Å². The molecule has 0 amide bonds. The minimum Gasteiger partial charge on any atom is -0.462 e. The van der Waals surface area contributed by atoms with E-state index in [0.29, 0.717) is 5.92 Å². The van der Waals surface area contributed by atoms with E-state index in [9.17, 15) is 0 Å². The number of hydrogen-bond donors (Lipinski definition) is 1. The normalized spacial score (nSPS) is 11.7. The SMILES string of the molecule is CCc1ccc(C=CCNCC(C)C)o1. The molecule has 0 radical (unpaired) electrons. The van der Waals surface area contributed by atoms with Gasteiger partial charge in [0, 0.05) is 13.0 Å². The van der Waals surface area contributed by atoms with Gasteiger partial charge in [0.2, 0.25) is 0 Å². The summed E-state index contributed by atoms with van der Waals surface area (Å²) < 4.78 is 5.55. The van der Waals surface area contributed by atoms with Gasteiger partial charge in [0.25, 0.3) is 0 Å². The van der Waals surface area contributed by atoms with Crippen LogP contribution in [-0.4, -0.2) is 13.1 Å². The summed E-state index contributed by atoms with van der Waals surface area (Å²) in [5.41, 5.74) is 0. The Bertz CT molecular complexity index is 299. The summed E-state index contributed by atoms with van der Waals surface area (Å²) in [6.07, 6.45) is 5.08. The molecule has 1 aromatic rings. The fraction of sp³-hybridized carbons (Fsp3) is 0.538. The lowest BCUT2D eigenvalue weighted by Gasteiger charge is -2.03. The molecule has 0 aliphatic rings. The van der Waals surface area contributed by atoms with Gasteiger partial charge in [0.1, 0.15) is 11.5 Å². The molecule has 84 valence electrons. The predicted molar refractivity (Wildman–Crippen MR) is 64.8 cm³/mol. The molecule has 15 heavy (non-hydrogen) atoms. The van der Waals surface area contributed by atoms with E-state index in [2.05, 4.69) is 32.2 Å². The minimum absolute atomic E-state index is 0.703. The summed E-state index contributed by atoms with van der Waals surface area (Å²) in [4.78, 5) is 0. The number of hydrogen-bond acceptors (Lipinski definition) is 2. The Hall–Kier alpha value is -1.02. The lowest BCUT2D eigenvalue weighted by Crippen LogP contribution is -2.19. The first-order valence-corrected chi connectivity index (χ1v) is 5.68. The minimum atomic E-state index is 0.703. The molecule has 2 heteroatoms. The molecule has 1 rings (SSSR count). The highest BCUT2D eigenvalue weighted by Gasteiger charge is 1.95. The van der Waals surface area contributed by atoms with Crippen molar-refractivity contribution < 1.29 is 4.42 Å². The fourth-order valence-corrected chi connectivity index (χ4v) is 1.30. The van der Waals surface area contributed by atoms with E-state index in [1.807, 2.05) is 18.2 Å². The Morgan fingerprint density at radius 2 is 2.20 bits per heavy atom. The van der Waals surface area contributed by atoms with Crippen LogP contribution in [0.1, 0.15) is 32.3 Å². The maximum atomic E-state index is 5.55. The van der Waals surface area contributed by atoms with Crippen LogP contribution in [0.5, 0.6) is 0 Å². The molecule has 0 aromatic carbocycles. The van der Waals surface area contributed by atoms with Crippen molar-refractivity contribution in [1.29, 1.82) is 0 Å². The van der Waals surface area contributed by atoms with E-state index in [-0.39, 0.29) is 0 Å². The third-order valence-electron chi connectivity index (χ3n) is 2.13. The van der Waals surface area contributed by atoms with Crippen molar-refractivity contribution in [2.45, 2.75) is 27.2 Å². The van der Waals surface area contributed by atoms with Crippen LogP contribution in [0.3, 0.4) is 0 Å². The van der Waals surface area contributed by atoms with Gasteiger partial charge in [-0.25, -0.2) is 0 Å². The number of rotatable bonds is 6. The van der Waals surface area contributed by atoms with E-state index >= 15 is 0 Å². The van der Waals surface area contributed by atoms with Crippen molar-refractivity contribution in [2.75, 3.05) is 13.1 Å². The summed E-state index contributed by atoms with van der Waals surface area (Å²) in [6.45, 7) is 8.47. The third-order valence-corrected chi connectivity index (χ3v) is 2.13. The topological polar surface area (TPSA) is 25.2 Å². The second kappa shape index (κ2) is 6.46. The lowest BCUT2D eigenvalue weighted by atomic mass is 10.2. The number of aryl methyl sites for hydroxylation is 1. The van der Waals surface area contributed by atoms with Crippen LogP contribution in [0.25, 0.3) is 6.08 Å². The van der Waals surface area contributed by atoms with Crippen LogP contribution in [0.15, 0.2) is 22.6 Å². The fourth-order valence-electron chi connectivity index (χ4n) is 1.30. The zero-order chi connectivity index (χ0) is 11.1. The Morgan fingerprint density at radius 3 is 2.80 bits per heavy atom. The zero-order valence-corrected chi connectivity index (χ0v) is 9.92. The van der Waals surface area contributed by atoms with Crippen molar-refractivity contribution >= 4 is 6.08 Å². The summed E-state index contributed by atoms with van der Waals surface area (Å²) in [5, 5.41) is 3.35. The quantitative estimate of drug-likeness (QED) is 0.725. The standard InChI is InChI=1S/C13H21NO/c1-4-12-7-8-13(15-12)6-5-9-14-10-11(2)3/h5-8,11,14H,4,9-10H2,1-3H3. The van der Waals surface area contributed by atoms with E-state index < -0.39 is 0 Å². The van der Waals surface area contributed by atoms with Crippen LogP contribution < -0.4 is 5.32 Å². The highest BCUT2D eigenvalue weighted by atomic mass is 16.3. The van der Waals surface area contributed by atoms with Crippen LogP contribution in [0.4, 0.5) is 0 Å². The van der Waals surface area contributed by atoms with Gasteiger partial charge in [-0.3, -0.25) is 0 Å². The second-order valence-corrected chi connectivity index (χ2v) is 4.11. The Morgan fingerprint density at radius 1 is 1.40 bits per heavy atom. The van der Waals surface area contributed by atoms with Gasteiger partial charge in [0.05, 0.1) is 0 Å². The van der Waals surface area contributed by atoms with Crippen LogP contribution in [0.2, 0.25) is 0 Å². The van der Waals surface area contributed by atoms with Gasteiger partial charge in [-0.1, -0.05) is 26.8 Å². The Balaban J connectivity index is 2.25. The second-order valence-electron chi connectivity index (χ2n) is 4.11. The van der Waals surface area contributed by atoms with E-state index in [0.717, 1.165) is 31.0 Å². The van der Waals surface area contributed by atoms with Crippen molar-refractivity contribution in [2.24, 2.45) is 5.92 Å². The van der Waals surface area contributed by atoms with Crippen LogP contribution in [-0.2, 0) is 6.42 Å². The number of furan rings is 1. The molecular weight excluding hydrogens is 186 g/mol. The maximum absolute atomic E-state index is 5.55. The van der Waals surface area contributed by atoms with Crippen LogP contribution in [0, 0.1) is 5.92 Å². The average Bonchev–Trinajstić information content (AvgIpc) is 2.65. The molecule has 1 heterocycles. The van der Waals surface area contributed by atoms with Crippen molar-refractivity contribution in [3.05, 3.63) is 29.7 Å². The van der Waals surface area contributed by atoms with E-state index in [4.69, 9.17) is 4.42 Å². The summed E-state index contributed by atoms with van der Waals surface area (Å²) in [6, 6.07) is 4.04. The molecule has 0 fully saturated rings.